The third-order valence-electron chi connectivity index (χ3n) is 3.59. The van der Waals surface area contributed by atoms with Crippen molar-refractivity contribution in [2.24, 2.45) is 0 Å². The van der Waals surface area contributed by atoms with Crippen LogP contribution in [0.15, 0.2) is 36.9 Å². The van der Waals surface area contributed by atoms with Crippen molar-refractivity contribution in [2.75, 3.05) is 18.0 Å². The van der Waals surface area contributed by atoms with Crippen molar-refractivity contribution < 1.29 is 18.7 Å². The lowest BCUT2D eigenvalue weighted by Crippen LogP contribution is -2.33. The Kier molecular flexibility index (Phi) is 4.37. The summed E-state index contributed by atoms with van der Waals surface area (Å²) in [5, 5.41) is 2.59. The van der Waals surface area contributed by atoms with Crippen LogP contribution in [-0.2, 0) is 9.53 Å². The van der Waals surface area contributed by atoms with Crippen LogP contribution >= 0.6 is 0 Å². The Bertz CT molecular complexity index is 769. The van der Waals surface area contributed by atoms with E-state index in [0.29, 0.717) is 16.8 Å². The van der Waals surface area contributed by atoms with Gasteiger partial charge in [0.15, 0.2) is 0 Å². The Balaban J connectivity index is 1.77. The van der Waals surface area contributed by atoms with E-state index in [4.69, 9.17) is 4.74 Å². The van der Waals surface area contributed by atoms with Crippen molar-refractivity contribution in [3.05, 3.63) is 42.7 Å². The molecule has 1 atom stereocenters. The number of carbonyl (C=O) groups is 2. The Morgan fingerprint density at radius 1 is 1.42 bits per heavy atom. The minimum Gasteiger partial charge on any atom is -0.442 e. The molecule has 8 heteroatoms. The minimum atomic E-state index is -0.569. The van der Waals surface area contributed by atoms with E-state index in [1.807, 2.05) is 0 Å². The molecule has 124 valence electrons. The maximum Gasteiger partial charge on any atom is 0.414 e. The second-order valence-electron chi connectivity index (χ2n) is 5.34. The lowest BCUT2D eigenvalue weighted by atomic mass is 10.1. The lowest BCUT2D eigenvalue weighted by Gasteiger charge is -2.14. The number of nitrogens with one attached hydrogen (secondary N) is 1. The first-order chi connectivity index (χ1) is 11.5. The number of cyclic esters (lactones) is 1. The summed E-state index contributed by atoms with van der Waals surface area (Å²) in [6.45, 7) is 1.85. The number of hydrogen-bond acceptors (Lipinski definition) is 5. The average Bonchev–Trinajstić information content (AvgIpc) is 2.94. The molecule has 3 rings (SSSR count). The summed E-state index contributed by atoms with van der Waals surface area (Å²) in [7, 11) is 0. The lowest BCUT2D eigenvalue weighted by molar-refractivity contribution is -0.119. The normalized spacial score (nSPS) is 16.8. The first-order valence-corrected chi connectivity index (χ1v) is 7.32. The van der Waals surface area contributed by atoms with Crippen molar-refractivity contribution in [1.29, 1.82) is 0 Å². The number of amides is 2. The van der Waals surface area contributed by atoms with Crippen LogP contribution in [0.5, 0.6) is 0 Å². The third-order valence-corrected chi connectivity index (χ3v) is 3.59. The van der Waals surface area contributed by atoms with Gasteiger partial charge in [-0.2, -0.15) is 0 Å². The van der Waals surface area contributed by atoms with Crippen molar-refractivity contribution in [3.8, 4) is 11.1 Å². The maximum absolute atomic E-state index is 14.4. The van der Waals surface area contributed by atoms with Crippen molar-refractivity contribution in [1.82, 2.24) is 15.3 Å². The molecule has 0 spiro atoms. The first-order valence-electron chi connectivity index (χ1n) is 7.32. The van der Waals surface area contributed by atoms with Gasteiger partial charge in [0.2, 0.25) is 5.91 Å². The molecule has 1 fully saturated rings. The van der Waals surface area contributed by atoms with E-state index >= 15 is 0 Å². The van der Waals surface area contributed by atoms with Gasteiger partial charge < -0.3 is 10.1 Å². The molecule has 0 bridgehead atoms. The number of rotatable bonds is 4. The van der Waals surface area contributed by atoms with Crippen molar-refractivity contribution in [3.63, 3.8) is 0 Å². The highest BCUT2D eigenvalue weighted by Crippen LogP contribution is 2.28. The van der Waals surface area contributed by atoms with Gasteiger partial charge in [-0.05, 0) is 18.2 Å². The average molecular weight is 330 g/mol. The summed E-state index contributed by atoms with van der Waals surface area (Å²) in [5.74, 6) is -0.689. The van der Waals surface area contributed by atoms with Crippen LogP contribution in [0, 0.1) is 5.82 Å². The van der Waals surface area contributed by atoms with Crippen LogP contribution in [0.3, 0.4) is 0 Å². The highest BCUT2D eigenvalue weighted by Gasteiger charge is 2.32. The molecule has 24 heavy (non-hydrogen) atoms. The van der Waals surface area contributed by atoms with Gasteiger partial charge in [-0.15, -0.1) is 0 Å². The molecule has 1 N–H and O–H groups in total. The number of carbonyl (C=O) groups excluding carboxylic acids is 2. The first kappa shape index (κ1) is 15.9. The third kappa shape index (κ3) is 3.32. The second kappa shape index (κ2) is 6.61. The molecule has 1 aromatic carbocycles. The van der Waals surface area contributed by atoms with Crippen molar-refractivity contribution >= 4 is 17.7 Å². The molecule has 1 aromatic heterocycles. The van der Waals surface area contributed by atoms with Gasteiger partial charge in [-0.3, -0.25) is 9.69 Å². The van der Waals surface area contributed by atoms with E-state index in [1.54, 1.807) is 12.1 Å². The van der Waals surface area contributed by atoms with E-state index in [1.165, 1.54) is 36.6 Å². The summed E-state index contributed by atoms with van der Waals surface area (Å²) in [6, 6.07) is 4.47. The number of aromatic nitrogens is 2. The highest BCUT2D eigenvalue weighted by atomic mass is 19.1. The summed E-state index contributed by atoms with van der Waals surface area (Å²) in [5.41, 5.74) is 1.29. The predicted octanol–water partition coefficient (Wildman–Crippen LogP) is 1.74. The number of nitrogens with zero attached hydrogens (tertiary/aromatic N) is 3. The zero-order valence-electron chi connectivity index (χ0n) is 12.9. The number of halogens is 1. The Hall–Kier alpha value is -3.03. The van der Waals surface area contributed by atoms with Crippen LogP contribution in [0.1, 0.15) is 6.92 Å². The van der Waals surface area contributed by atoms with Gasteiger partial charge in [0.1, 0.15) is 18.2 Å². The number of hydrogen-bond donors (Lipinski definition) is 1. The van der Waals surface area contributed by atoms with Gasteiger partial charge in [0.05, 0.1) is 18.8 Å². The minimum absolute atomic E-state index is 0.204. The number of ether oxygens (including phenoxy) is 1. The zero-order valence-corrected chi connectivity index (χ0v) is 12.9. The van der Waals surface area contributed by atoms with Gasteiger partial charge in [0, 0.05) is 30.4 Å². The van der Waals surface area contributed by atoms with E-state index in [9.17, 15) is 14.0 Å². The smallest absolute Gasteiger partial charge is 0.414 e. The van der Waals surface area contributed by atoms with E-state index < -0.39 is 18.0 Å². The molecule has 0 aliphatic carbocycles. The van der Waals surface area contributed by atoms with Crippen LogP contribution in [0.2, 0.25) is 0 Å². The van der Waals surface area contributed by atoms with Gasteiger partial charge >= 0.3 is 6.09 Å². The Labute approximate surface area is 137 Å². The Morgan fingerprint density at radius 3 is 2.83 bits per heavy atom. The standard InChI is InChI=1S/C16H15FN4O3/c1-10(22)20-7-13-8-21(16(23)24-13)12-2-3-14(15(17)4-12)11-5-18-9-19-6-11/h2-6,9,13H,7-8H2,1H3,(H,20,22)/t13-/m0/s1. The molecule has 0 saturated carbocycles. The van der Waals surface area contributed by atoms with E-state index in [0.717, 1.165) is 0 Å². The molecule has 0 radical (unpaired) electrons. The summed E-state index contributed by atoms with van der Waals surface area (Å²) in [4.78, 5) is 31.9. The fourth-order valence-corrected chi connectivity index (χ4v) is 2.44. The maximum atomic E-state index is 14.4. The van der Waals surface area contributed by atoms with Gasteiger partial charge in [-0.25, -0.2) is 19.2 Å². The van der Waals surface area contributed by atoms with Crippen molar-refractivity contribution in [2.45, 2.75) is 13.0 Å². The van der Waals surface area contributed by atoms with Gasteiger partial charge in [-0.1, -0.05) is 0 Å². The van der Waals surface area contributed by atoms with Crippen LogP contribution in [0.4, 0.5) is 14.9 Å². The van der Waals surface area contributed by atoms with E-state index in [-0.39, 0.29) is 19.0 Å². The second-order valence-corrected chi connectivity index (χ2v) is 5.34. The molecule has 7 nitrogen and oxygen atoms in total. The molecule has 2 amide bonds. The van der Waals surface area contributed by atoms with Crippen LogP contribution in [0.25, 0.3) is 11.1 Å². The predicted molar refractivity (Wildman–Crippen MR) is 83.7 cm³/mol. The van der Waals surface area contributed by atoms with E-state index in [2.05, 4.69) is 15.3 Å². The summed E-state index contributed by atoms with van der Waals surface area (Å²) in [6.07, 6.45) is 3.36. The molecular weight excluding hydrogens is 315 g/mol. The highest BCUT2D eigenvalue weighted by molar-refractivity contribution is 5.90. The molecular formula is C16H15FN4O3. The quantitative estimate of drug-likeness (QED) is 0.923. The molecule has 0 unspecified atom stereocenters. The SMILES string of the molecule is CC(=O)NC[C@H]1CN(c2ccc(-c3cncnc3)c(F)c2)C(=O)O1. The monoisotopic (exact) mass is 330 g/mol. The van der Waals surface area contributed by atoms with Crippen LogP contribution < -0.4 is 10.2 Å². The summed E-state index contributed by atoms with van der Waals surface area (Å²) >= 11 is 0. The Morgan fingerprint density at radius 2 is 2.17 bits per heavy atom. The molecule has 1 aliphatic rings. The number of anilines is 1. The molecule has 1 saturated heterocycles. The fourth-order valence-electron chi connectivity index (χ4n) is 2.44. The van der Waals surface area contributed by atoms with Gasteiger partial charge in [0.25, 0.3) is 0 Å². The topological polar surface area (TPSA) is 84.4 Å². The molecule has 1 aliphatic heterocycles. The number of benzene rings is 1. The molecule has 2 aromatic rings. The summed E-state index contributed by atoms with van der Waals surface area (Å²) < 4.78 is 19.5. The molecule has 2 heterocycles. The fraction of sp³-hybridized carbons (Fsp3) is 0.250. The largest absolute Gasteiger partial charge is 0.442 e. The van der Waals surface area contributed by atoms with Crippen LogP contribution in [-0.4, -0.2) is 41.2 Å². The zero-order chi connectivity index (χ0) is 17.1.